The molecule has 0 spiro atoms. The van der Waals surface area contributed by atoms with Gasteiger partial charge in [0.1, 0.15) is 11.5 Å². The number of aromatic hydroxyl groups is 2. The second kappa shape index (κ2) is 9.83. The quantitative estimate of drug-likeness (QED) is 0.207. The summed E-state index contributed by atoms with van der Waals surface area (Å²) in [6, 6.07) is 26.3. The van der Waals surface area contributed by atoms with E-state index in [1.807, 2.05) is 0 Å². The Morgan fingerprint density at radius 2 is 0.762 bits per heavy atom. The Labute approximate surface area is 235 Å². The zero-order valence-corrected chi connectivity index (χ0v) is 21.6. The lowest BCUT2D eigenvalue weighted by Crippen LogP contribution is -2.04. The van der Waals surface area contributed by atoms with Crippen LogP contribution in [0.4, 0.5) is 26.3 Å². The van der Waals surface area contributed by atoms with Gasteiger partial charge in [0, 0.05) is 22.3 Å². The maximum Gasteiger partial charge on any atom is 0.416 e. The van der Waals surface area contributed by atoms with Gasteiger partial charge in [-0.3, -0.25) is 0 Å². The van der Waals surface area contributed by atoms with Gasteiger partial charge < -0.3 is 10.2 Å². The van der Waals surface area contributed by atoms with Gasteiger partial charge in [-0.1, -0.05) is 72.8 Å². The summed E-state index contributed by atoms with van der Waals surface area (Å²) in [6.45, 7) is 0. The van der Waals surface area contributed by atoms with E-state index >= 15 is 0 Å². The van der Waals surface area contributed by atoms with E-state index in [2.05, 4.69) is 0 Å². The normalized spacial score (nSPS) is 12.2. The molecule has 0 aliphatic rings. The Morgan fingerprint density at radius 1 is 0.429 bits per heavy atom. The lowest BCUT2D eigenvalue weighted by Gasteiger charge is -2.20. The molecule has 0 aliphatic heterocycles. The van der Waals surface area contributed by atoms with Crippen LogP contribution in [0.2, 0.25) is 0 Å². The molecule has 0 unspecified atom stereocenters. The van der Waals surface area contributed by atoms with E-state index < -0.39 is 23.5 Å². The van der Waals surface area contributed by atoms with Crippen LogP contribution >= 0.6 is 0 Å². The molecule has 210 valence electrons. The third-order valence-corrected chi connectivity index (χ3v) is 7.34. The number of alkyl halides is 6. The summed E-state index contributed by atoms with van der Waals surface area (Å²) < 4.78 is 79.3. The molecule has 6 aromatic rings. The topological polar surface area (TPSA) is 40.5 Å². The molecule has 0 aliphatic carbocycles. The molecule has 6 aromatic carbocycles. The Kier molecular flexibility index (Phi) is 6.37. The third kappa shape index (κ3) is 4.68. The van der Waals surface area contributed by atoms with E-state index in [4.69, 9.17) is 0 Å². The highest BCUT2D eigenvalue weighted by Crippen LogP contribution is 2.51. The molecule has 0 heterocycles. The monoisotopic (exact) mass is 574 g/mol. The molecule has 0 bridgehead atoms. The van der Waals surface area contributed by atoms with Crippen LogP contribution in [0.15, 0.2) is 109 Å². The predicted molar refractivity (Wildman–Crippen MR) is 151 cm³/mol. The molecule has 0 saturated carbocycles. The van der Waals surface area contributed by atoms with Crippen molar-refractivity contribution in [3.63, 3.8) is 0 Å². The molecule has 0 fully saturated rings. The number of phenols is 2. The zero-order chi connectivity index (χ0) is 29.8. The van der Waals surface area contributed by atoms with E-state index in [9.17, 15) is 36.6 Å². The van der Waals surface area contributed by atoms with Crippen molar-refractivity contribution < 1.29 is 36.6 Å². The summed E-state index contributed by atoms with van der Waals surface area (Å²) in [6.07, 6.45) is -9.06. The van der Waals surface area contributed by atoms with E-state index in [1.165, 1.54) is 24.3 Å². The molecule has 0 amide bonds. The molecule has 6 rings (SSSR count). The van der Waals surface area contributed by atoms with Crippen LogP contribution in [-0.4, -0.2) is 10.2 Å². The van der Waals surface area contributed by atoms with E-state index in [0.717, 1.165) is 24.3 Å². The van der Waals surface area contributed by atoms with Gasteiger partial charge in [0.05, 0.1) is 11.1 Å². The molecule has 2 nitrogen and oxygen atoms in total. The smallest absolute Gasteiger partial charge is 0.416 e. The molecule has 0 aromatic heterocycles. The standard InChI is InChI=1S/C34H20F6O2/c35-33(36,37)23-13-9-19(10-14-23)27-17-21-5-1-3-7-25(21)29(31(27)41)30-26-8-4-2-6-22(26)18-28(32(30)42)20-11-15-24(16-12-20)34(38,39)40/h1-18,41-42H. The summed E-state index contributed by atoms with van der Waals surface area (Å²) in [7, 11) is 0. The van der Waals surface area contributed by atoms with E-state index in [1.54, 1.807) is 60.7 Å². The molecule has 42 heavy (non-hydrogen) atoms. The number of hydrogen-bond acceptors (Lipinski definition) is 2. The summed E-state index contributed by atoms with van der Waals surface area (Å²) in [4.78, 5) is 0. The van der Waals surface area contributed by atoms with Crippen molar-refractivity contribution in [3.05, 3.63) is 120 Å². The van der Waals surface area contributed by atoms with Crippen molar-refractivity contribution >= 4 is 21.5 Å². The fourth-order valence-corrected chi connectivity index (χ4v) is 5.30. The molecule has 0 atom stereocenters. The number of rotatable bonds is 3. The van der Waals surface area contributed by atoms with Gasteiger partial charge >= 0.3 is 12.4 Å². The molecular weight excluding hydrogens is 554 g/mol. The average Bonchev–Trinajstić information content (AvgIpc) is 2.96. The fourth-order valence-electron chi connectivity index (χ4n) is 5.30. The summed E-state index contributed by atoms with van der Waals surface area (Å²) in [5.41, 5.74) is -0.0257. The van der Waals surface area contributed by atoms with Gasteiger partial charge in [0.25, 0.3) is 0 Å². The van der Waals surface area contributed by atoms with Crippen LogP contribution < -0.4 is 0 Å². The second-order valence-corrected chi connectivity index (χ2v) is 9.89. The SMILES string of the molecule is Oc1c(-c2ccc(C(F)(F)F)cc2)cc2ccccc2c1-c1c(O)c(-c2ccc(C(F)(F)F)cc2)cc2ccccc12. The summed E-state index contributed by atoms with van der Waals surface area (Å²) in [5, 5.41) is 25.9. The van der Waals surface area contributed by atoms with Gasteiger partial charge in [-0.25, -0.2) is 0 Å². The Hall–Kier alpha value is -4.98. The molecule has 0 radical (unpaired) electrons. The number of hydrogen-bond donors (Lipinski definition) is 2. The van der Waals surface area contributed by atoms with Crippen LogP contribution in [0.25, 0.3) is 54.9 Å². The van der Waals surface area contributed by atoms with Gasteiger partial charge in [-0.2, -0.15) is 26.3 Å². The van der Waals surface area contributed by atoms with Crippen molar-refractivity contribution in [1.29, 1.82) is 0 Å². The van der Waals surface area contributed by atoms with Gasteiger partial charge in [0.15, 0.2) is 0 Å². The number of phenolic OH excluding ortho intramolecular Hbond substituents is 2. The molecular formula is C34H20F6O2. The molecule has 0 saturated heterocycles. The van der Waals surface area contributed by atoms with Crippen LogP contribution in [0.1, 0.15) is 11.1 Å². The zero-order valence-electron chi connectivity index (χ0n) is 21.6. The Balaban J connectivity index is 1.65. The van der Waals surface area contributed by atoms with Gasteiger partial charge in [0.2, 0.25) is 0 Å². The first-order chi connectivity index (χ1) is 19.9. The fraction of sp³-hybridized carbons (Fsp3) is 0.0588. The number of fused-ring (bicyclic) bond motifs is 2. The van der Waals surface area contributed by atoms with Crippen LogP contribution in [0.5, 0.6) is 11.5 Å². The van der Waals surface area contributed by atoms with E-state index in [0.29, 0.717) is 32.7 Å². The third-order valence-electron chi connectivity index (χ3n) is 7.34. The number of benzene rings is 6. The highest BCUT2D eigenvalue weighted by Gasteiger charge is 2.31. The van der Waals surface area contributed by atoms with Crippen molar-refractivity contribution in [2.45, 2.75) is 12.4 Å². The minimum Gasteiger partial charge on any atom is -0.507 e. The van der Waals surface area contributed by atoms with Crippen molar-refractivity contribution in [3.8, 4) is 44.9 Å². The number of halogens is 6. The van der Waals surface area contributed by atoms with Crippen LogP contribution in [-0.2, 0) is 12.4 Å². The molecule has 8 heteroatoms. The predicted octanol–water partition coefficient (Wildman–Crippen LogP) is 10.4. The summed E-state index contributed by atoms with van der Waals surface area (Å²) in [5.74, 6) is -0.531. The van der Waals surface area contributed by atoms with Gasteiger partial charge in [-0.15, -0.1) is 0 Å². The van der Waals surface area contributed by atoms with E-state index in [-0.39, 0.29) is 33.8 Å². The Morgan fingerprint density at radius 3 is 1.10 bits per heavy atom. The largest absolute Gasteiger partial charge is 0.507 e. The maximum atomic E-state index is 13.2. The lowest BCUT2D eigenvalue weighted by molar-refractivity contribution is -0.138. The maximum absolute atomic E-state index is 13.2. The highest BCUT2D eigenvalue weighted by molar-refractivity contribution is 6.13. The van der Waals surface area contributed by atoms with Gasteiger partial charge in [-0.05, 0) is 69.1 Å². The average molecular weight is 575 g/mol. The van der Waals surface area contributed by atoms with Crippen molar-refractivity contribution in [2.24, 2.45) is 0 Å². The summed E-state index contributed by atoms with van der Waals surface area (Å²) >= 11 is 0. The van der Waals surface area contributed by atoms with Crippen LogP contribution in [0.3, 0.4) is 0 Å². The minimum atomic E-state index is -4.53. The van der Waals surface area contributed by atoms with Crippen LogP contribution in [0, 0.1) is 0 Å². The van der Waals surface area contributed by atoms with Crippen molar-refractivity contribution in [1.82, 2.24) is 0 Å². The molecule has 2 N–H and O–H groups in total. The minimum absolute atomic E-state index is 0.241. The lowest BCUT2D eigenvalue weighted by atomic mass is 9.86. The Bertz CT molecular complexity index is 1810. The van der Waals surface area contributed by atoms with Crippen molar-refractivity contribution in [2.75, 3.05) is 0 Å². The first-order valence-corrected chi connectivity index (χ1v) is 12.8. The first kappa shape index (κ1) is 27.2. The highest BCUT2D eigenvalue weighted by atomic mass is 19.4. The second-order valence-electron chi connectivity index (χ2n) is 9.89. The first-order valence-electron chi connectivity index (χ1n) is 12.8.